The highest BCUT2D eigenvalue weighted by atomic mass is 32.2. The maximum absolute atomic E-state index is 12.5. The highest BCUT2D eigenvalue weighted by molar-refractivity contribution is 7.99. The second kappa shape index (κ2) is 8.29. The van der Waals surface area contributed by atoms with Gasteiger partial charge in [-0.05, 0) is 43.9 Å². The number of furan rings is 1. The highest BCUT2D eigenvalue weighted by Crippen LogP contribution is 2.39. The van der Waals surface area contributed by atoms with Gasteiger partial charge in [-0.3, -0.25) is 4.79 Å². The molecule has 0 radical (unpaired) electrons. The van der Waals surface area contributed by atoms with E-state index < -0.39 is 0 Å². The van der Waals surface area contributed by atoms with Crippen LogP contribution >= 0.6 is 23.1 Å². The molecule has 0 aromatic carbocycles. The number of nitrogens with zero attached hydrogens (tertiary/aromatic N) is 3. The minimum atomic E-state index is -0.389. The van der Waals surface area contributed by atoms with E-state index in [4.69, 9.17) is 15.0 Å². The van der Waals surface area contributed by atoms with Gasteiger partial charge in [-0.1, -0.05) is 11.8 Å². The van der Waals surface area contributed by atoms with Gasteiger partial charge < -0.3 is 20.3 Å². The van der Waals surface area contributed by atoms with Gasteiger partial charge in [-0.25, -0.2) is 9.47 Å². The number of nitrogens with one attached hydrogen (secondary N) is 1. The minimum absolute atomic E-state index is 0.0678. The first-order valence-electron chi connectivity index (χ1n) is 9.07. The van der Waals surface area contributed by atoms with Crippen LogP contribution < -0.4 is 11.2 Å². The number of ether oxygens (including phenoxy) is 1. The molecule has 0 bridgehead atoms. The number of hydrogen-bond donors (Lipinski definition) is 2. The van der Waals surface area contributed by atoms with E-state index in [0.29, 0.717) is 27.3 Å². The number of carbonyl (C=O) groups excluding carboxylic acids is 2. The summed E-state index contributed by atoms with van der Waals surface area (Å²) in [7, 11) is 0. The van der Waals surface area contributed by atoms with Crippen molar-refractivity contribution in [2.75, 3.05) is 23.5 Å². The first-order valence-corrected chi connectivity index (χ1v) is 10.9. The lowest BCUT2D eigenvalue weighted by Gasteiger charge is -2.08. The number of nitrogens with two attached hydrogens (primary N) is 1. The molecular formula is C18H19N5O4S2. The second-order valence-corrected chi connectivity index (χ2v) is 8.32. The Bertz CT molecular complexity index is 1040. The monoisotopic (exact) mass is 433 g/mol. The molecule has 3 heterocycles. The molecular weight excluding hydrogens is 414 g/mol. The summed E-state index contributed by atoms with van der Waals surface area (Å²) in [5.41, 5.74) is 1.49. The third-order valence-corrected chi connectivity index (χ3v) is 6.54. The van der Waals surface area contributed by atoms with Crippen LogP contribution in [0.4, 0.5) is 5.00 Å². The van der Waals surface area contributed by atoms with Gasteiger partial charge in [0, 0.05) is 4.88 Å². The van der Waals surface area contributed by atoms with Gasteiger partial charge in [-0.15, -0.1) is 21.5 Å². The molecule has 1 aliphatic rings. The van der Waals surface area contributed by atoms with Gasteiger partial charge in [0.2, 0.25) is 16.9 Å². The van der Waals surface area contributed by atoms with Crippen LogP contribution in [0.5, 0.6) is 0 Å². The number of thiophene rings is 1. The zero-order chi connectivity index (χ0) is 20.4. The average molecular weight is 434 g/mol. The molecule has 0 aliphatic heterocycles. The Morgan fingerprint density at radius 3 is 3.03 bits per heavy atom. The molecule has 3 aromatic rings. The molecule has 1 amide bonds. The molecule has 0 spiro atoms. The Labute approximate surface area is 174 Å². The second-order valence-electron chi connectivity index (χ2n) is 6.27. The first kappa shape index (κ1) is 19.5. The van der Waals surface area contributed by atoms with E-state index >= 15 is 0 Å². The Balaban J connectivity index is 1.44. The topological polar surface area (TPSA) is 125 Å². The largest absolute Gasteiger partial charge is 0.462 e. The predicted octanol–water partition coefficient (Wildman–Crippen LogP) is 2.71. The fourth-order valence-electron chi connectivity index (χ4n) is 3.15. The van der Waals surface area contributed by atoms with Crippen LogP contribution in [0, 0.1) is 0 Å². The molecule has 0 fully saturated rings. The number of fused-ring (bicyclic) bond motifs is 1. The number of nitrogen functional groups attached to an aromatic ring is 1. The van der Waals surface area contributed by atoms with Crippen molar-refractivity contribution in [2.45, 2.75) is 31.3 Å². The van der Waals surface area contributed by atoms with Gasteiger partial charge in [0.15, 0.2) is 5.76 Å². The molecule has 0 saturated carbocycles. The maximum Gasteiger partial charge on any atom is 0.341 e. The number of thioether (sulfide) groups is 1. The number of amides is 1. The van der Waals surface area contributed by atoms with Crippen LogP contribution in [0.15, 0.2) is 28.0 Å². The van der Waals surface area contributed by atoms with Crippen LogP contribution in [0.25, 0.3) is 11.6 Å². The number of esters is 1. The first-order chi connectivity index (χ1) is 14.1. The number of aryl methyl sites for hydroxylation is 1. The average Bonchev–Trinajstić information content (AvgIpc) is 3.44. The fraction of sp³-hybridized carbons (Fsp3) is 0.333. The third-order valence-electron chi connectivity index (χ3n) is 4.39. The number of hydrogen-bond acceptors (Lipinski definition) is 9. The van der Waals surface area contributed by atoms with E-state index in [-0.39, 0.29) is 24.2 Å². The van der Waals surface area contributed by atoms with Crippen molar-refractivity contribution >= 4 is 40.0 Å². The van der Waals surface area contributed by atoms with Gasteiger partial charge >= 0.3 is 5.97 Å². The summed E-state index contributed by atoms with van der Waals surface area (Å²) in [5.74, 6) is 6.28. The van der Waals surface area contributed by atoms with Crippen molar-refractivity contribution in [1.29, 1.82) is 0 Å². The molecule has 152 valence electrons. The SMILES string of the molecule is CCOC(=O)c1c(NC(=O)CSc2nnc(-c3ccco3)n2N)sc2c1CCC2. The van der Waals surface area contributed by atoms with Crippen molar-refractivity contribution in [3.63, 3.8) is 0 Å². The van der Waals surface area contributed by atoms with Crippen LogP contribution in [-0.2, 0) is 22.4 Å². The highest BCUT2D eigenvalue weighted by Gasteiger charge is 2.28. The third kappa shape index (κ3) is 3.87. The molecule has 4 rings (SSSR count). The van der Waals surface area contributed by atoms with Crippen molar-refractivity contribution in [1.82, 2.24) is 14.9 Å². The van der Waals surface area contributed by atoms with Crippen molar-refractivity contribution < 1.29 is 18.7 Å². The molecule has 0 saturated heterocycles. The normalized spacial score (nSPS) is 12.7. The lowest BCUT2D eigenvalue weighted by molar-refractivity contribution is -0.113. The van der Waals surface area contributed by atoms with E-state index in [9.17, 15) is 9.59 Å². The quantitative estimate of drug-likeness (QED) is 0.331. The number of aromatic nitrogens is 3. The molecule has 3 N–H and O–H groups in total. The van der Waals surface area contributed by atoms with Crippen LogP contribution in [0.3, 0.4) is 0 Å². The maximum atomic E-state index is 12.5. The molecule has 0 atom stereocenters. The van der Waals surface area contributed by atoms with E-state index in [1.54, 1.807) is 19.1 Å². The summed E-state index contributed by atoms with van der Waals surface area (Å²) in [6, 6.07) is 3.45. The molecule has 29 heavy (non-hydrogen) atoms. The summed E-state index contributed by atoms with van der Waals surface area (Å²) in [5, 5.41) is 11.8. The summed E-state index contributed by atoms with van der Waals surface area (Å²) in [6.45, 7) is 2.05. The Hall–Kier alpha value is -2.79. The zero-order valence-corrected chi connectivity index (χ0v) is 17.3. The summed E-state index contributed by atoms with van der Waals surface area (Å²) in [6.07, 6.45) is 4.28. The summed E-state index contributed by atoms with van der Waals surface area (Å²) < 4.78 is 11.7. The van der Waals surface area contributed by atoms with Gasteiger partial charge in [0.05, 0.1) is 24.2 Å². The molecule has 0 unspecified atom stereocenters. The summed E-state index contributed by atoms with van der Waals surface area (Å²) in [4.78, 5) is 26.0. The number of anilines is 1. The van der Waals surface area contributed by atoms with Gasteiger partial charge in [0.1, 0.15) is 5.00 Å². The van der Waals surface area contributed by atoms with Crippen molar-refractivity contribution in [3.05, 3.63) is 34.4 Å². The molecule has 1 aliphatic carbocycles. The molecule has 9 nitrogen and oxygen atoms in total. The lowest BCUT2D eigenvalue weighted by Crippen LogP contribution is -2.18. The van der Waals surface area contributed by atoms with Crippen LogP contribution in [0.2, 0.25) is 0 Å². The van der Waals surface area contributed by atoms with E-state index in [1.807, 2.05) is 0 Å². The van der Waals surface area contributed by atoms with Crippen LogP contribution in [-0.4, -0.2) is 39.1 Å². The van der Waals surface area contributed by atoms with E-state index in [2.05, 4.69) is 15.5 Å². The fourth-order valence-corrected chi connectivity index (χ4v) is 5.10. The zero-order valence-electron chi connectivity index (χ0n) is 15.6. The standard InChI is InChI=1S/C18H19N5O4S2/c1-2-26-17(25)14-10-5-3-7-12(10)29-16(14)20-13(24)9-28-18-22-21-15(23(18)19)11-6-4-8-27-11/h4,6,8H,2-3,5,7,9,19H2,1H3,(H,20,24). The minimum Gasteiger partial charge on any atom is -0.462 e. The Kier molecular flexibility index (Phi) is 5.58. The van der Waals surface area contributed by atoms with E-state index in [1.165, 1.54) is 22.3 Å². The lowest BCUT2D eigenvalue weighted by atomic mass is 10.1. The molecule has 11 heteroatoms. The van der Waals surface area contributed by atoms with Crippen molar-refractivity contribution in [2.24, 2.45) is 0 Å². The number of carbonyl (C=O) groups is 2. The predicted molar refractivity (Wildman–Crippen MR) is 110 cm³/mol. The smallest absolute Gasteiger partial charge is 0.341 e. The van der Waals surface area contributed by atoms with E-state index in [0.717, 1.165) is 41.5 Å². The number of rotatable bonds is 7. The summed E-state index contributed by atoms with van der Waals surface area (Å²) >= 11 is 2.59. The Morgan fingerprint density at radius 1 is 1.41 bits per heavy atom. The Morgan fingerprint density at radius 2 is 2.28 bits per heavy atom. The van der Waals surface area contributed by atoms with Crippen LogP contribution in [0.1, 0.15) is 34.1 Å². The van der Waals surface area contributed by atoms with Gasteiger partial charge in [-0.2, -0.15) is 0 Å². The molecule has 3 aromatic heterocycles. The van der Waals surface area contributed by atoms with Gasteiger partial charge in [0.25, 0.3) is 0 Å². The van der Waals surface area contributed by atoms with Crippen molar-refractivity contribution in [3.8, 4) is 11.6 Å².